The second kappa shape index (κ2) is 9.41. The Hall–Kier alpha value is -3.03. The summed E-state index contributed by atoms with van der Waals surface area (Å²) in [6.45, 7) is 5.70. The molecule has 8 nitrogen and oxygen atoms in total. The zero-order chi connectivity index (χ0) is 21.8. The van der Waals surface area contributed by atoms with E-state index in [1.54, 1.807) is 6.07 Å². The van der Waals surface area contributed by atoms with Gasteiger partial charge in [-0.3, -0.25) is 9.59 Å². The summed E-state index contributed by atoms with van der Waals surface area (Å²) in [6.07, 6.45) is 4.14. The largest absolute Gasteiger partial charge is 0.454 e. The van der Waals surface area contributed by atoms with Crippen LogP contribution in [-0.4, -0.2) is 35.2 Å². The molecule has 1 aromatic heterocycles. The quantitative estimate of drug-likeness (QED) is 0.693. The van der Waals surface area contributed by atoms with E-state index >= 15 is 0 Å². The predicted molar refractivity (Wildman–Crippen MR) is 112 cm³/mol. The maximum absolute atomic E-state index is 12.9. The lowest BCUT2D eigenvalue weighted by molar-refractivity contribution is -0.136. The van der Waals surface area contributed by atoms with Gasteiger partial charge in [0, 0.05) is 25.1 Å². The van der Waals surface area contributed by atoms with Gasteiger partial charge in [-0.2, -0.15) is 0 Å². The van der Waals surface area contributed by atoms with E-state index in [0.29, 0.717) is 42.8 Å². The van der Waals surface area contributed by atoms with Gasteiger partial charge in [-0.1, -0.05) is 37.9 Å². The van der Waals surface area contributed by atoms with Crippen LogP contribution in [0.25, 0.3) is 0 Å². The minimum absolute atomic E-state index is 0.103. The van der Waals surface area contributed by atoms with Gasteiger partial charge in [0.05, 0.1) is 6.54 Å². The SMILES string of the molecule is CC(C)CN(Cc1cc(C(=O)NCc2ccc3c(c2)OCO3)no1)C(=O)C1CCCC1. The third kappa shape index (κ3) is 5.18. The van der Waals surface area contributed by atoms with E-state index in [9.17, 15) is 9.59 Å². The molecule has 2 aliphatic rings. The van der Waals surface area contributed by atoms with Crippen molar-refractivity contribution in [3.63, 3.8) is 0 Å². The number of amides is 2. The smallest absolute Gasteiger partial charge is 0.273 e. The Morgan fingerprint density at radius 2 is 1.94 bits per heavy atom. The Balaban J connectivity index is 1.35. The van der Waals surface area contributed by atoms with Crippen LogP contribution in [-0.2, 0) is 17.9 Å². The highest BCUT2D eigenvalue weighted by atomic mass is 16.7. The summed E-state index contributed by atoms with van der Waals surface area (Å²) in [5.74, 6) is 2.19. The van der Waals surface area contributed by atoms with E-state index in [4.69, 9.17) is 14.0 Å². The number of nitrogens with one attached hydrogen (secondary N) is 1. The third-order valence-corrected chi connectivity index (χ3v) is 5.63. The molecule has 2 heterocycles. The van der Waals surface area contributed by atoms with Crippen molar-refractivity contribution in [3.05, 3.63) is 41.3 Å². The van der Waals surface area contributed by atoms with Gasteiger partial charge in [0.15, 0.2) is 23.0 Å². The second-order valence-corrected chi connectivity index (χ2v) is 8.64. The first-order valence-electron chi connectivity index (χ1n) is 10.9. The van der Waals surface area contributed by atoms with Crippen LogP contribution < -0.4 is 14.8 Å². The van der Waals surface area contributed by atoms with Crippen molar-refractivity contribution in [2.45, 2.75) is 52.6 Å². The van der Waals surface area contributed by atoms with Crippen molar-refractivity contribution >= 4 is 11.8 Å². The topological polar surface area (TPSA) is 93.9 Å². The van der Waals surface area contributed by atoms with Gasteiger partial charge >= 0.3 is 0 Å². The molecule has 1 aliphatic heterocycles. The van der Waals surface area contributed by atoms with Crippen LogP contribution in [0.1, 0.15) is 61.3 Å². The van der Waals surface area contributed by atoms with Gasteiger partial charge in [0.1, 0.15) is 0 Å². The van der Waals surface area contributed by atoms with E-state index in [1.807, 2.05) is 23.1 Å². The Bertz CT molecular complexity index is 933. The van der Waals surface area contributed by atoms with Crippen molar-refractivity contribution in [1.82, 2.24) is 15.4 Å². The number of fused-ring (bicyclic) bond motifs is 1. The fourth-order valence-electron chi connectivity index (χ4n) is 4.11. The first-order valence-corrected chi connectivity index (χ1v) is 10.9. The van der Waals surface area contributed by atoms with Crippen LogP contribution in [0.15, 0.2) is 28.8 Å². The number of carbonyl (C=O) groups is 2. The predicted octanol–water partition coefficient (Wildman–Crippen LogP) is 3.51. The summed E-state index contributed by atoms with van der Waals surface area (Å²) in [5.41, 5.74) is 1.10. The van der Waals surface area contributed by atoms with Crippen LogP contribution in [0.4, 0.5) is 0 Å². The van der Waals surface area contributed by atoms with Gasteiger partial charge in [-0.05, 0) is 36.5 Å². The average molecular weight is 428 g/mol. The molecular weight excluding hydrogens is 398 g/mol. The van der Waals surface area contributed by atoms with Crippen molar-refractivity contribution in [2.24, 2.45) is 11.8 Å². The zero-order valence-electron chi connectivity index (χ0n) is 18.1. The van der Waals surface area contributed by atoms with Crippen LogP contribution in [0.5, 0.6) is 11.5 Å². The maximum Gasteiger partial charge on any atom is 0.273 e. The number of hydrogen-bond donors (Lipinski definition) is 1. The molecule has 8 heteroatoms. The van der Waals surface area contributed by atoms with E-state index in [1.165, 1.54) is 0 Å². The summed E-state index contributed by atoms with van der Waals surface area (Å²) in [7, 11) is 0. The fraction of sp³-hybridized carbons (Fsp3) is 0.522. The Morgan fingerprint density at radius 3 is 2.71 bits per heavy atom. The molecule has 2 aromatic rings. The lowest BCUT2D eigenvalue weighted by atomic mass is 10.1. The second-order valence-electron chi connectivity index (χ2n) is 8.64. The van der Waals surface area contributed by atoms with E-state index < -0.39 is 0 Å². The number of aromatic nitrogens is 1. The lowest BCUT2D eigenvalue weighted by Crippen LogP contribution is -2.37. The molecule has 0 bridgehead atoms. The molecule has 1 fully saturated rings. The number of nitrogens with zero attached hydrogens (tertiary/aromatic N) is 2. The van der Waals surface area contributed by atoms with Gasteiger partial charge in [-0.25, -0.2) is 0 Å². The molecule has 0 radical (unpaired) electrons. The lowest BCUT2D eigenvalue weighted by Gasteiger charge is -2.26. The highest BCUT2D eigenvalue weighted by molar-refractivity contribution is 5.92. The molecule has 31 heavy (non-hydrogen) atoms. The number of rotatable bonds is 8. The summed E-state index contributed by atoms with van der Waals surface area (Å²) in [6, 6.07) is 7.16. The minimum atomic E-state index is -0.329. The number of ether oxygens (including phenoxy) is 2. The van der Waals surface area contributed by atoms with Crippen molar-refractivity contribution in [2.75, 3.05) is 13.3 Å². The van der Waals surface area contributed by atoms with Gasteiger partial charge < -0.3 is 24.2 Å². The van der Waals surface area contributed by atoms with Crippen molar-refractivity contribution < 1.29 is 23.6 Å². The van der Waals surface area contributed by atoms with Crippen LogP contribution in [0.3, 0.4) is 0 Å². The average Bonchev–Trinajstić information content (AvgIpc) is 3.52. The summed E-state index contributed by atoms with van der Waals surface area (Å²) in [4.78, 5) is 27.3. The molecule has 0 atom stereocenters. The highest BCUT2D eigenvalue weighted by Crippen LogP contribution is 2.32. The molecule has 0 spiro atoms. The van der Waals surface area contributed by atoms with E-state index in [2.05, 4.69) is 24.3 Å². The monoisotopic (exact) mass is 427 g/mol. The molecular formula is C23H29N3O5. The molecule has 0 unspecified atom stereocenters. The van der Waals surface area contributed by atoms with Crippen LogP contribution in [0, 0.1) is 11.8 Å². The third-order valence-electron chi connectivity index (χ3n) is 5.63. The van der Waals surface area contributed by atoms with Crippen molar-refractivity contribution in [3.8, 4) is 11.5 Å². The van der Waals surface area contributed by atoms with Crippen LogP contribution >= 0.6 is 0 Å². The molecule has 2 amide bonds. The Kier molecular flexibility index (Phi) is 6.44. The first kappa shape index (κ1) is 21.2. The molecule has 1 aromatic carbocycles. The van der Waals surface area contributed by atoms with Gasteiger partial charge in [-0.15, -0.1) is 0 Å². The zero-order valence-corrected chi connectivity index (χ0v) is 18.1. The van der Waals surface area contributed by atoms with Gasteiger partial charge in [0.2, 0.25) is 12.7 Å². The summed E-state index contributed by atoms with van der Waals surface area (Å²) in [5, 5.41) is 6.74. The number of hydrogen-bond acceptors (Lipinski definition) is 6. The number of carbonyl (C=O) groups excluding carboxylic acids is 2. The summed E-state index contributed by atoms with van der Waals surface area (Å²) < 4.78 is 16.0. The Morgan fingerprint density at radius 1 is 1.16 bits per heavy atom. The molecule has 1 aliphatic carbocycles. The van der Waals surface area contributed by atoms with Crippen LogP contribution in [0.2, 0.25) is 0 Å². The van der Waals surface area contributed by atoms with Gasteiger partial charge in [0.25, 0.3) is 5.91 Å². The van der Waals surface area contributed by atoms with E-state index in [-0.39, 0.29) is 30.2 Å². The standard InChI is InChI=1S/C23H29N3O5/c1-15(2)12-26(23(28)17-5-3-4-6-17)13-18-10-19(25-31-18)22(27)24-11-16-7-8-20-21(9-16)30-14-29-20/h7-10,15,17H,3-6,11-14H2,1-2H3,(H,24,27). The maximum atomic E-state index is 12.9. The minimum Gasteiger partial charge on any atom is -0.454 e. The summed E-state index contributed by atoms with van der Waals surface area (Å²) >= 11 is 0. The normalized spacial score (nSPS) is 15.5. The Labute approximate surface area is 181 Å². The molecule has 166 valence electrons. The number of benzene rings is 1. The molecule has 1 saturated carbocycles. The first-order chi connectivity index (χ1) is 15.0. The fourth-order valence-corrected chi connectivity index (χ4v) is 4.11. The van der Waals surface area contributed by atoms with E-state index in [0.717, 1.165) is 31.2 Å². The molecule has 0 saturated heterocycles. The van der Waals surface area contributed by atoms with Crippen molar-refractivity contribution in [1.29, 1.82) is 0 Å². The molecule has 1 N–H and O–H groups in total. The molecule has 4 rings (SSSR count). The highest BCUT2D eigenvalue weighted by Gasteiger charge is 2.28.